The van der Waals surface area contributed by atoms with Gasteiger partial charge >= 0.3 is 0 Å². The predicted octanol–water partition coefficient (Wildman–Crippen LogP) is 1.81. The van der Waals surface area contributed by atoms with Gasteiger partial charge in [-0.1, -0.05) is 17.7 Å². The minimum Gasteiger partial charge on any atom is -0.424 e. The highest BCUT2D eigenvalue weighted by molar-refractivity contribution is 7.89. The molecule has 0 unspecified atom stereocenters. The number of aromatic nitrogens is 2. The van der Waals surface area contributed by atoms with E-state index in [-0.39, 0.29) is 0 Å². The van der Waals surface area contributed by atoms with Crippen LogP contribution >= 0.6 is 0 Å². The highest BCUT2D eigenvalue weighted by Gasteiger charge is 2.31. The summed E-state index contributed by atoms with van der Waals surface area (Å²) in [7, 11) is -3.48. The first-order valence-corrected chi connectivity index (χ1v) is 9.80. The van der Waals surface area contributed by atoms with Gasteiger partial charge in [0, 0.05) is 33.1 Å². The minimum atomic E-state index is -3.48. The van der Waals surface area contributed by atoms with Gasteiger partial charge in [-0.15, -0.1) is 10.2 Å². The summed E-state index contributed by atoms with van der Waals surface area (Å²) in [4.78, 5) is 2.58. The number of piperazine rings is 1. The maximum atomic E-state index is 13.1. The van der Waals surface area contributed by atoms with Crippen LogP contribution < -0.4 is 0 Å². The van der Waals surface area contributed by atoms with Crippen molar-refractivity contribution in [3.63, 3.8) is 0 Å². The molecule has 3 rings (SSSR count). The molecule has 1 aromatic heterocycles. The van der Waals surface area contributed by atoms with Gasteiger partial charge in [-0.3, -0.25) is 4.90 Å². The van der Waals surface area contributed by atoms with Gasteiger partial charge in [-0.2, -0.15) is 4.31 Å². The first kappa shape index (κ1) is 18.0. The van der Waals surface area contributed by atoms with Crippen LogP contribution in [0.5, 0.6) is 0 Å². The second-order valence-electron chi connectivity index (χ2n) is 6.62. The van der Waals surface area contributed by atoms with Crippen LogP contribution in [0.3, 0.4) is 0 Å². The predicted molar refractivity (Wildman–Crippen MR) is 93.7 cm³/mol. The molecule has 136 valence electrons. The van der Waals surface area contributed by atoms with Crippen molar-refractivity contribution in [2.75, 3.05) is 26.2 Å². The summed E-state index contributed by atoms with van der Waals surface area (Å²) in [5, 5.41) is 7.82. The van der Waals surface area contributed by atoms with E-state index in [0.717, 1.165) is 16.7 Å². The van der Waals surface area contributed by atoms with E-state index in [1.54, 1.807) is 11.2 Å². The molecule has 0 spiro atoms. The van der Waals surface area contributed by atoms with Gasteiger partial charge in [0.15, 0.2) is 0 Å². The van der Waals surface area contributed by atoms with Gasteiger partial charge in [0.2, 0.25) is 21.8 Å². The third-order valence-electron chi connectivity index (χ3n) is 4.46. The number of benzene rings is 1. The zero-order chi connectivity index (χ0) is 18.2. The Hall–Kier alpha value is -1.77. The zero-order valence-electron chi connectivity index (χ0n) is 15.1. The monoisotopic (exact) mass is 364 g/mol. The lowest BCUT2D eigenvalue weighted by Gasteiger charge is -2.33. The molecular weight excluding hydrogens is 340 g/mol. The van der Waals surface area contributed by atoms with Crippen molar-refractivity contribution in [1.82, 2.24) is 19.4 Å². The van der Waals surface area contributed by atoms with Crippen molar-refractivity contribution in [2.45, 2.75) is 39.1 Å². The number of sulfonamides is 1. The molecule has 0 amide bonds. The molecule has 0 N–H and O–H groups in total. The van der Waals surface area contributed by atoms with Crippen LogP contribution in [-0.2, 0) is 16.6 Å². The summed E-state index contributed by atoms with van der Waals surface area (Å²) in [6.07, 6.45) is 0. The molecule has 7 nitrogen and oxygen atoms in total. The summed E-state index contributed by atoms with van der Waals surface area (Å²) < 4.78 is 33.1. The number of nitrogens with zero attached hydrogens (tertiary/aromatic N) is 4. The number of hydrogen-bond donors (Lipinski definition) is 0. The Morgan fingerprint density at radius 1 is 1.00 bits per heavy atom. The van der Waals surface area contributed by atoms with E-state index in [1.165, 1.54) is 0 Å². The second-order valence-corrected chi connectivity index (χ2v) is 8.50. The molecular formula is C17H24N4O3S. The molecule has 1 aliphatic rings. The molecule has 0 bridgehead atoms. The van der Waals surface area contributed by atoms with Crippen molar-refractivity contribution in [1.29, 1.82) is 0 Å². The van der Waals surface area contributed by atoms with Crippen molar-refractivity contribution in [3.8, 4) is 0 Å². The minimum absolute atomic E-state index is 0.444. The molecule has 1 aliphatic heterocycles. The highest BCUT2D eigenvalue weighted by Crippen LogP contribution is 2.26. The topological polar surface area (TPSA) is 79.5 Å². The Morgan fingerprint density at radius 2 is 1.60 bits per heavy atom. The van der Waals surface area contributed by atoms with E-state index >= 15 is 0 Å². The summed E-state index contributed by atoms with van der Waals surface area (Å²) >= 11 is 0. The van der Waals surface area contributed by atoms with E-state index < -0.39 is 10.0 Å². The van der Waals surface area contributed by atoms with Gasteiger partial charge < -0.3 is 4.42 Å². The van der Waals surface area contributed by atoms with Crippen LogP contribution in [0.2, 0.25) is 0 Å². The fourth-order valence-electron chi connectivity index (χ4n) is 3.42. The molecule has 1 aromatic carbocycles. The third-order valence-corrected chi connectivity index (χ3v) is 6.67. The van der Waals surface area contributed by atoms with Crippen molar-refractivity contribution >= 4 is 10.0 Å². The quantitative estimate of drug-likeness (QED) is 0.823. The molecule has 0 atom stereocenters. The van der Waals surface area contributed by atoms with E-state index in [1.807, 2.05) is 32.9 Å². The Kier molecular flexibility index (Phi) is 4.95. The number of rotatable bonds is 4. The lowest BCUT2D eigenvalue weighted by molar-refractivity contribution is 0.167. The average molecular weight is 364 g/mol. The first-order chi connectivity index (χ1) is 11.8. The van der Waals surface area contributed by atoms with Crippen molar-refractivity contribution in [2.24, 2.45) is 0 Å². The lowest BCUT2D eigenvalue weighted by Crippen LogP contribution is -2.48. The number of aryl methyl sites for hydroxylation is 4. The first-order valence-electron chi connectivity index (χ1n) is 8.36. The Morgan fingerprint density at radius 3 is 2.12 bits per heavy atom. The largest absolute Gasteiger partial charge is 0.424 e. The molecule has 2 aromatic rings. The van der Waals surface area contributed by atoms with Crippen LogP contribution in [-0.4, -0.2) is 54.0 Å². The molecule has 25 heavy (non-hydrogen) atoms. The van der Waals surface area contributed by atoms with Gasteiger partial charge in [0.05, 0.1) is 11.4 Å². The van der Waals surface area contributed by atoms with E-state index in [0.29, 0.717) is 49.4 Å². The van der Waals surface area contributed by atoms with Crippen LogP contribution in [0.4, 0.5) is 0 Å². The van der Waals surface area contributed by atoms with Crippen molar-refractivity contribution in [3.05, 3.63) is 40.6 Å². The average Bonchev–Trinajstić information content (AvgIpc) is 2.91. The molecule has 1 saturated heterocycles. The van der Waals surface area contributed by atoms with Crippen LogP contribution in [0.1, 0.15) is 28.5 Å². The van der Waals surface area contributed by atoms with E-state index in [9.17, 15) is 8.42 Å². The molecule has 0 aliphatic carbocycles. The van der Waals surface area contributed by atoms with Gasteiger partial charge in [0.25, 0.3) is 0 Å². The fraction of sp³-hybridized carbons (Fsp3) is 0.529. The number of hydrogen-bond acceptors (Lipinski definition) is 6. The van der Waals surface area contributed by atoms with Crippen LogP contribution in [0.25, 0.3) is 0 Å². The van der Waals surface area contributed by atoms with Crippen LogP contribution in [0.15, 0.2) is 21.4 Å². The fourth-order valence-corrected chi connectivity index (χ4v) is 5.26. The SMILES string of the molecule is Cc1cc(C)c(S(=O)(=O)N2CCN(Cc3nnc(C)o3)CC2)c(C)c1. The summed E-state index contributed by atoms with van der Waals surface area (Å²) in [6, 6.07) is 3.85. The lowest BCUT2D eigenvalue weighted by atomic mass is 10.1. The maximum Gasteiger partial charge on any atom is 0.243 e. The molecule has 0 saturated carbocycles. The van der Waals surface area contributed by atoms with Gasteiger partial charge in [-0.05, 0) is 31.9 Å². The van der Waals surface area contributed by atoms with Gasteiger partial charge in [-0.25, -0.2) is 8.42 Å². The summed E-state index contributed by atoms with van der Waals surface area (Å²) in [6.45, 7) is 10.2. The second kappa shape index (κ2) is 6.86. The summed E-state index contributed by atoms with van der Waals surface area (Å²) in [5.74, 6) is 1.11. The third kappa shape index (κ3) is 3.75. The van der Waals surface area contributed by atoms with Gasteiger partial charge in [0.1, 0.15) is 0 Å². The van der Waals surface area contributed by atoms with E-state index in [4.69, 9.17) is 4.42 Å². The Bertz CT molecular complexity index is 845. The Balaban J connectivity index is 1.71. The highest BCUT2D eigenvalue weighted by atomic mass is 32.2. The summed E-state index contributed by atoms with van der Waals surface area (Å²) in [5.41, 5.74) is 2.69. The standard InChI is InChI=1S/C17H24N4O3S/c1-12-9-13(2)17(14(3)10-12)25(22,23)21-7-5-20(6-8-21)11-16-19-18-15(4)24-16/h9-10H,5-8,11H2,1-4H3. The molecule has 0 radical (unpaired) electrons. The van der Waals surface area contributed by atoms with E-state index in [2.05, 4.69) is 15.1 Å². The maximum absolute atomic E-state index is 13.1. The molecule has 2 heterocycles. The molecule has 1 fully saturated rings. The molecule has 8 heteroatoms. The van der Waals surface area contributed by atoms with Crippen molar-refractivity contribution < 1.29 is 12.8 Å². The van der Waals surface area contributed by atoms with Crippen LogP contribution in [0, 0.1) is 27.7 Å². The smallest absolute Gasteiger partial charge is 0.243 e. The Labute approximate surface area is 148 Å². The zero-order valence-corrected chi connectivity index (χ0v) is 15.9. The normalized spacial score (nSPS) is 17.1.